The normalized spacial score (nSPS) is 19.0. The predicted octanol–water partition coefficient (Wildman–Crippen LogP) is -2.60. The van der Waals surface area contributed by atoms with Crippen molar-refractivity contribution in [3.8, 4) is 0 Å². The van der Waals surface area contributed by atoms with E-state index in [9.17, 15) is 17.8 Å². The Morgan fingerprint density at radius 2 is 1.87 bits per heavy atom. The number of hydrogen-bond donors (Lipinski definition) is 0. The molecule has 0 saturated heterocycles. The summed E-state index contributed by atoms with van der Waals surface area (Å²) in [5.41, 5.74) is -1.43. The summed E-state index contributed by atoms with van der Waals surface area (Å²) in [6.45, 7) is 0. The molecule has 0 spiro atoms. The number of carbonyl (C=O) groups excluding carboxylic acids is 1. The fraction of sp³-hybridized carbons (Fsp3) is 0.125. The molecule has 15 heavy (non-hydrogen) atoms. The molecule has 1 aliphatic heterocycles. The molecule has 0 radical (unpaired) electrons. The van der Waals surface area contributed by atoms with Gasteiger partial charge in [0.25, 0.3) is 0 Å². The molecule has 7 heteroatoms. The molecule has 0 aromatic heterocycles. The molecule has 0 saturated carbocycles. The van der Waals surface area contributed by atoms with E-state index < -0.39 is 21.5 Å². The molecule has 74 valence electrons. The van der Waals surface area contributed by atoms with Crippen molar-refractivity contribution in [3.63, 3.8) is 0 Å². The van der Waals surface area contributed by atoms with Crippen LogP contribution in [0.5, 0.6) is 0 Å². The van der Waals surface area contributed by atoms with Crippen LogP contribution in [-0.2, 0) is 14.9 Å². The maximum Gasteiger partial charge on any atom is 1.00 e. The van der Waals surface area contributed by atoms with E-state index in [1.165, 1.54) is 12.1 Å². The van der Waals surface area contributed by atoms with Crippen molar-refractivity contribution < 1.29 is 41.4 Å². The largest absolute Gasteiger partial charge is 1.00 e. The van der Waals surface area contributed by atoms with E-state index in [4.69, 9.17) is 0 Å². The number of rotatable bonds is 1. The first-order valence-corrected chi connectivity index (χ1v) is 5.22. The fourth-order valence-corrected chi connectivity index (χ4v) is 2.05. The molecule has 1 atom stereocenters. The zero-order valence-electron chi connectivity index (χ0n) is 7.84. The average Bonchev–Trinajstić information content (AvgIpc) is 2.44. The third kappa shape index (κ3) is 2.08. The fourth-order valence-electron chi connectivity index (χ4n) is 1.33. The summed E-state index contributed by atoms with van der Waals surface area (Å²) in [7, 11) is -4.64. The molecule has 0 aliphatic carbocycles. The van der Waals surface area contributed by atoms with Crippen molar-refractivity contribution in [2.24, 2.45) is 0 Å². The van der Waals surface area contributed by atoms with Crippen LogP contribution < -0.4 is 18.9 Å². The summed E-state index contributed by atoms with van der Waals surface area (Å²) in [5, 5.41) is 0. The van der Waals surface area contributed by atoms with Gasteiger partial charge in [-0.15, -0.1) is 0 Å². The van der Waals surface area contributed by atoms with Crippen LogP contribution in [0.3, 0.4) is 0 Å². The van der Waals surface area contributed by atoms with E-state index in [1.807, 2.05) is 0 Å². The number of carbonyl (C=O) groups is 1. The van der Waals surface area contributed by atoms with Gasteiger partial charge >= 0.3 is 24.8 Å². The molecule has 0 bridgehead atoms. The van der Waals surface area contributed by atoms with E-state index in [-0.39, 0.29) is 30.0 Å². The topological polar surface area (TPSA) is 83.5 Å². The first kappa shape index (κ1) is 12.3. The Labute approximate surface area is 98.4 Å². The van der Waals surface area contributed by atoms with Crippen molar-refractivity contribution >= 4 is 16.1 Å². The molecule has 1 aromatic carbocycles. The summed E-state index contributed by atoms with van der Waals surface area (Å²) in [5.74, 6) is -0.773. The average molecular weight is 220 g/mol. The molecular weight excluding hydrogens is 215 g/mol. The Morgan fingerprint density at radius 1 is 1.27 bits per heavy atom. The Morgan fingerprint density at radius 3 is 2.47 bits per heavy atom. The number of esters is 1. The monoisotopic (exact) mass is 220 g/mol. The minimum absolute atomic E-state index is 0. The second-order valence-electron chi connectivity index (χ2n) is 2.82. The van der Waals surface area contributed by atoms with Crippen molar-refractivity contribution in [1.82, 2.24) is 0 Å². The predicted molar refractivity (Wildman–Crippen MR) is 44.3 cm³/mol. The Hall–Kier alpha value is -0.803. The van der Waals surface area contributed by atoms with E-state index in [0.29, 0.717) is 0 Å². The van der Waals surface area contributed by atoms with Gasteiger partial charge in [0.15, 0.2) is 0 Å². The first-order valence-electron chi connectivity index (χ1n) is 3.75. The van der Waals surface area contributed by atoms with Crippen LogP contribution in [0, 0.1) is 0 Å². The van der Waals surface area contributed by atoms with Crippen molar-refractivity contribution in [2.45, 2.75) is 5.44 Å². The number of hydrogen-bond acceptors (Lipinski definition) is 5. The minimum atomic E-state index is -4.64. The van der Waals surface area contributed by atoms with Gasteiger partial charge in [0.1, 0.15) is 10.1 Å². The Bertz CT molecular complexity index is 496. The molecule has 5 nitrogen and oxygen atoms in total. The van der Waals surface area contributed by atoms with Gasteiger partial charge in [-0.1, -0.05) is 18.2 Å². The van der Waals surface area contributed by atoms with E-state index in [1.54, 1.807) is 12.1 Å². The zero-order chi connectivity index (χ0) is 10.3. The molecule has 1 heterocycles. The minimum Gasteiger partial charge on any atom is -0.745 e. The third-order valence-corrected chi connectivity index (χ3v) is 2.79. The number of fused-ring (bicyclic) bond motifs is 1. The van der Waals surface area contributed by atoms with Gasteiger partial charge in [-0.3, -0.25) is 0 Å². The molecule has 2 rings (SSSR count). The zero-order valence-corrected chi connectivity index (χ0v) is 8.65. The van der Waals surface area contributed by atoms with Crippen molar-refractivity contribution in [2.75, 3.05) is 0 Å². The van der Waals surface area contributed by atoms with Crippen molar-refractivity contribution in [3.05, 3.63) is 35.4 Å². The third-order valence-electron chi connectivity index (χ3n) is 1.91. The summed E-state index contributed by atoms with van der Waals surface area (Å²) < 4.78 is 36.6. The smallest absolute Gasteiger partial charge is 0.745 e. The van der Waals surface area contributed by atoms with Crippen LogP contribution in [0.2, 0.25) is 0 Å². The number of benzene rings is 1. The van der Waals surface area contributed by atoms with Crippen LogP contribution in [0.15, 0.2) is 24.3 Å². The Kier molecular flexibility index (Phi) is 3.26. The van der Waals surface area contributed by atoms with Crippen LogP contribution in [0.25, 0.3) is 0 Å². The summed E-state index contributed by atoms with van der Waals surface area (Å²) >= 11 is 0. The van der Waals surface area contributed by atoms with Gasteiger partial charge in [-0.25, -0.2) is 13.2 Å². The molecule has 0 fully saturated rings. The summed E-state index contributed by atoms with van der Waals surface area (Å²) in [6, 6.07) is 5.92. The summed E-state index contributed by atoms with van der Waals surface area (Å²) in [4.78, 5) is 11.1. The molecule has 0 amide bonds. The van der Waals surface area contributed by atoms with Gasteiger partial charge in [0.2, 0.25) is 5.44 Å². The van der Waals surface area contributed by atoms with Crippen molar-refractivity contribution in [1.29, 1.82) is 0 Å². The maximum atomic E-state index is 11.1. The van der Waals surface area contributed by atoms with Gasteiger partial charge in [-0.05, 0) is 6.07 Å². The maximum absolute atomic E-state index is 11.1. The second kappa shape index (κ2) is 3.98. The van der Waals surface area contributed by atoms with Crippen LogP contribution in [0.1, 0.15) is 21.4 Å². The molecular formula is C8H5LiO5S. The van der Waals surface area contributed by atoms with Crippen LogP contribution in [0.4, 0.5) is 0 Å². The molecule has 1 aromatic rings. The van der Waals surface area contributed by atoms with Gasteiger partial charge < -0.3 is 9.29 Å². The SMILES string of the molecule is O=C1OC(S(=O)(=O)[O-])c2ccccc21.[Li+]. The number of ether oxygens (including phenoxy) is 1. The Balaban J connectivity index is 0.00000112. The molecule has 0 N–H and O–H groups in total. The van der Waals surface area contributed by atoms with E-state index >= 15 is 0 Å². The van der Waals surface area contributed by atoms with Gasteiger partial charge in [0, 0.05) is 5.56 Å². The second-order valence-corrected chi connectivity index (χ2v) is 4.23. The van der Waals surface area contributed by atoms with Gasteiger partial charge in [0.05, 0.1) is 5.56 Å². The standard InChI is InChI=1S/C8H6O5S.Li/c9-7-5-3-1-2-4-6(5)8(13-7)14(10,11)12;/h1-4,8H,(H,10,11,12);/q;+1/p-1. The molecule has 1 aliphatic rings. The van der Waals surface area contributed by atoms with Crippen LogP contribution in [-0.4, -0.2) is 18.9 Å². The summed E-state index contributed by atoms with van der Waals surface area (Å²) in [6.07, 6.45) is 0. The first-order chi connectivity index (χ1) is 6.50. The number of cyclic esters (lactones) is 1. The van der Waals surface area contributed by atoms with E-state index in [0.717, 1.165) is 0 Å². The van der Waals surface area contributed by atoms with Crippen LogP contribution >= 0.6 is 0 Å². The van der Waals surface area contributed by atoms with Gasteiger partial charge in [-0.2, -0.15) is 0 Å². The molecule has 1 unspecified atom stereocenters. The van der Waals surface area contributed by atoms with E-state index in [2.05, 4.69) is 4.74 Å². The quantitative estimate of drug-likeness (QED) is 0.294.